The van der Waals surface area contributed by atoms with E-state index in [1.807, 2.05) is 0 Å². The van der Waals surface area contributed by atoms with Crippen LogP contribution in [0.3, 0.4) is 0 Å². The van der Waals surface area contributed by atoms with Gasteiger partial charge in [0.2, 0.25) is 0 Å². The van der Waals surface area contributed by atoms with Gasteiger partial charge in [-0.2, -0.15) is 0 Å². The number of nitrogens with zero attached hydrogens (tertiary/aromatic N) is 1. The quantitative estimate of drug-likeness (QED) is 0.753. The van der Waals surface area contributed by atoms with Gasteiger partial charge in [-0.1, -0.05) is 32.6 Å². The number of aliphatic carboxylic acids is 1. The van der Waals surface area contributed by atoms with E-state index in [1.54, 1.807) is 0 Å². The maximum absolute atomic E-state index is 11.4. The molecular weight excluding hydrogens is 214 g/mol. The molecule has 2 unspecified atom stereocenters. The molecule has 1 N–H and O–H groups in total. The first-order valence-electron chi connectivity index (χ1n) is 7.17. The van der Waals surface area contributed by atoms with Gasteiger partial charge < -0.3 is 5.11 Å². The molecule has 3 heteroatoms. The number of hydrogen-bond donors (Lipinski definition) is 1. The molecule has 1 saturated heterocycles. The molecule has 17 heavy (non-hydrogen) atoms. The molecule has 2 aliphatic rings. The highest BCUT2D eigenvalue weighted by Crippen LogP contribution is 2.30. The summed E-state index contributed by atoms with van der Waals surface area (Å²) in [6, 6.07) is 0.313. The number of carboxylic acid groups (broad SMARTS) is 1. The highest BCUT2D eigenvalue weighted by atomic mass is 16.4. The third-order valence-electron chi connectivity index (χ3n) is 4.48. The van der Waals surface area contributed by atoms with E-state index in [1.165, 1.54) is 44.9 Å². The van der Waals surface area contributed by atoms with Crippen LogP contribution in [0.5, 0.6) is 0 Å². The zero-order valence-electron chi connectivity index (χ0n) is 10.9. The van der Waals surface area contributed by atoms with Crippen LogP contribution >= 0.6 is 0 Å². The Morgan fingerprint density at radius 2 is 1.76 bits per heavy atom. The Morgan fingerprint density at radius 1 is 1.12 bits per heavy atom. The zero-order valence-corrected chi connectivity index (χ0v) is 10.9. The topological polar surface area (TPSA) is 40.5 Å². The Kier molecular flexibility index (Phi) is 4.43. The Morgan fingerprint density at radius 3 is 2.35 bits per heavy atom. The molecule has 0 aromatic carbocycles. The van der Waals surface area contributed by atoms with Gasteiger partial charge >= 0.3 is 5.97 Å². The molecule has 2 fully saturated rings. The first-order chi connectivity index (χ1) is 8.18. The average Bonchev–Trinajstić information content (AvgIpc) is 2.57. The number of rotatable bonds is 2. The van der Waals surface area contributed by atoms with Crippen LogP contribution in [0.2, 0.25) is 0 Å². The maximum Gasteiger partial charge on any atom is 0.320 e. The van der Waals surface area contributed by atoms with Gasteiger partial charge in [-0.05, 0) is 38.1 Å². The highest BCUT2D eigenvalue weighted by Gasteiger charge is 2.35. The summed E-state index contributed by atoms with van der Waals surface area (Å²) in [5, 5.41) is 9.39. The van der Waals surface area contributed by atoms with Gasteiger partial charge in [-0.25, -0.2) is 0 Å². The number of piperidine rings is 1. The molecule has 0 radical (unpaired) electrons. The average molecular weight is 239 g/mol. The fourth-order valence-corrected chi connectivity index (χ4v) is 3.43. The Balaban J connectivity index is 2.02. The summed E-state index contributed by atoms with van der Waals surface area (Å²) in [5.74, 6) is -0.0427. The highest BCUT2D eigenvalue weighted by molar-refractivity contribution is 5.73. The molecule has 0 aromatic heterocycles. The van der Waals surface area contributed by atoms with Gasteiger partial charge in [-0.15, -0.1) is 0 Å². The molecule has 2 atom stereocenters. The second-order valence-corrected chi connectivity index (χ2v) is 5.87. The molecule has 1 saturated carbocycles. The maximum atomic E-state index is 11.4. The molecule has 98 valence electrons. The van der Waals surface area contributed by atoms with Crippen molar-refractivity contribution >= 4 is 5.97 Å². The predicted octanol–water partition coefficient (Wildman–Crippen LogP) is 2.89. The number of carboxylic acids is 1. The van der Waals surface area contributed by atoms with Crippen molar-refractivity contribution in [1.29, 1.82) is 0 Å². The first kappa shape index (κ1) is 12.9. The fourth-order valence-electron chi connectivity index (χ4n) is 3.43. The van der Waals surface area contributed by atoms with Crippen LogP contribution in [0, 0.1) is 5.92 Å². The molecular formula is C14H25NO2. The Labute approximate surface area is 104 Å². The minimum absolute atomic E-state index is 0.221. The van der Waals surface area contributed by atoms with Gasteiger partial charge in [0.25, 0.3) is 0 Å². The van der Waals surface area contributed by atoms with Gasteiger partial charge in [0.05, 0.1) is 0 Å². The molecule has 2 rings (SSSR count). The molecule has 1 heterocycles. The summed E-state index contributed by atoms with van der Waals surface area (Å²) in [5.41, 5.74) is 0. The van der Waals surface area contributed by atoms with Crippen LogP contribution < -0.4 is 0 Å². The minimum atomic E-state index is -0.610. The first-order valence-corrected chi connectivity index (χ1v) is 7.17. The van der Waals surface area contributed by atoms with Crippen molar-refractivity contribution in [2.24, 2.45) is 5.92 Å². The standard InChI is InChI=1S/C14H25NO2/c1-11-8-9-15(13(10-11)14(16)17)12-6-4-2-3-5-7-12/h11-13H,2-10H2,1H3,(H,16,17). The molecule has 0 spiro atoms. The summed E-state index contributed by atoms with van der Waals surface area (Å²) in [7, 11) is 0. The minimum Gasteiger partial charge on any atom is -0.480 e. The second-order valence-electron chi connectivity index (χ2n) is 5.87. The normalized spacial score (nSPS) is 33.2. The van der Waals surface area contributed by atoms with Crippen LogP contribution in [0.25, 0.3) is 0 Å². The van der Waals surface area contributed by atoms with E-state index in [0.29, 0.717) is 12.0 Å². The largest absolute Gasteiger partial charge is 0.480 e. The van der Waals surface area contributed by atoms with Crippen LogP contribution in [-0.4, -0.2) is 34.6 Å². The van der Waals surface area contributed by atoms with Crippen LogP contribution in [0.15, 0.2) is 0 Å². The van der Waals surface area contributed by atoms with E-state index in [0.717, 1.165) is 13.0 Å². The van der Waals surface area contributed by atoms with E-state index < -0.39 is 5.97 Å². The van der Waals surface area contributed by atoms with Crippen molar-refractivity contribution in [2.75, 3.05) is 6.54 Å². The van der Waals surface area contributed by atoms with Crippen molar-refractivity contribution in [3.8, 4) is 0 Å². The van der Waals surface area contributed by atoms with Crippen molar-refractivity contribution in [3.05, 3.63) is 0 Å². The van der Waals surface area contributed by atoms with E-state index >= 15 is 0 Å². The van der Waals surface area contributed by atoms with E-state index in [4.69, 9.17) is 0 Å². The summed E-state index contributed by atoms with van der Waals surface area (Å²) in [6.45, 7) is 3.17. The number of carbonyl (C=O) groups is 1. The molecule has 0 aromatic rings. The van der Waals surface area contributed by atoms with Crippen molar-refractivity contribution in [1.82, 2.24) is 4.90 Å². The molecule has 1 aliphatic carbocycles. The van der Waals surface area contributed by atoms with Gasteiger partial charge in [0, 0.05) is 6.04 Å². The Hall–Kier alpha value is -0.570. The molecule has 3 nitrogen and oxygen atoms in total. The van der Waals surface area contributed by atoms with Crippen molar-refractivity contribution in [2.45, 2.75) is 70.4 Å². The van der Waals surface area contributed by atoms with Crippen LogP contribution in [0.4, 0.5) is 0 Å². The number of likely N-dealkylation sites (tertiary alicyclic amines) is 1. The van der Waals surface area contributed by atoms with Gasteiger partial charge in [0.1, 0.15) is 6.04 Å². The van der Waals surface area contributed by atoms with Crippen LogP contribution in [0.1, 0.15) is 58.3 Å². The smallest absolute Gasteiger partial charge is 0.320 e. The van der Waals surface area contributed by atoms with Gasteiger partial charge in [-0.3, -0.25) is 9.69 Å². The van der Waals surface area contributed by atoms with Crippen LogP contribution in [-0.2, 0) is 4.79 Å². The predicted molar refractivity (Wildman–Crippen MR) is 68.0 cm³/mol. The SMILES string of the molecule is CC1CCN(C2CCCCCC2)C(C(=O)O)C1. The summed E-state index contributed by atoms with van der Waals surface area (Å²) in [4.78, 5) is 13.7. The second kappa shape index (κ2) is 5.85. The molecule has 0 bridgehead atoms. The third kappa shape index (κ3) is 3.21. The lowest BCUT2D eigenvalue weighted by molar-refractivity contribution is -0.146. The summed E-state index contributed by atoms with van der Waals surface area (Å²) >= 11 is 0. The van der Waals surface area contributed by atoms with E-state index in [9.17, 15) is 9.90 Å². The lowest BCUT2D eigenvalue weighted by Gasteiger charge is -2.41. The lowest BCUT2D eigenvalue weighted by Crippen LogP contribution is -2.51. The monoisotopic (exact) mass is 239 g/mol. The summed E-state index contributed by atoms with van der Waals surface area (Å²) < 4.78 is 0. The number of hydrogen-bond acceptors (Lipinski definition) is 2. The van der Waals surface area contributed by atoms with E-state index in [2.05, 4.69) is 11.8 Å². The summed E-state index contributed by atoms with van der Waals surface area (Å²) in [6.07, 6.45) is 9.64. The van der Waals surface area contributed by atoms with E-state index in [-0.39, 0.29) is 6.04 Å². The zero-order chi connectivity index (χ0) is 12.3. The molecule has 0 amide bonds. The molecule has 1 aliphatic heterocycles. The lowest BCUT2D eigenvalue weighted by atomic mass is 9.90. The third-order valence-corrected chi connectivity index (χ3v) is 4.48. The van der Waals surface area contributed by atoms with Gasteiger partial charge in [0.15, 0.2) is 0 Å². The van der Waals surface area contributed by atoms with Crippen molar-refractivity contribution < 1.29 is 9.90 Å². The fraction of sp³-hybridized carbons (Fsp3) is 0.929. The Bertz CT molecular complexity index is 259. The van der Waals surface area contributed by atoms with Crippen molar-refractivity contribution in [3.63, 3.8) is 0 Å².